The van der Waals surface area contributed by atoms with Crippen LogP contribution in [0.5, 0.6) is 5.75 Å². The largest absolute Gasteiger partial charge is 0.493 e. The van der Waals surface area contributed by atoms with Crippen LogP contribution in [0, 0.1) is 0 Å². The number of para-hydroxylation sites is 1. The second kappa shape index (κ2) is 7.53. The number of aromatic nitrogens is 2. The lowest BCUT2D eigenvalue weighted by Crippen LogP contribution is -2.23. The van der Waals surface area contributed by atoms with Crippen LogP contribution in [0.15, 0.2) is 67.0 Å². The zero-order valence-electron chi connectivity index (χ0n) is 14.3. The van der Waals surface area contributed by atoms with Gasteiger partial charge in [-0.05, 0) is 24.5 Å². The first-order valence-electron chi connectivity index (χ1n) is 8.89. The van der Waals surface area contributed by atoms with Crippen LogP contribution < -0.4 is 10.1 Å². The molecule has 1 N–H and O–H groups in total. The molecule has 0 amide bonds. The molecule has 0 unspecified atom stereocenters. The summed E-state index contributed by atoms with van der Waals surface area (Å²) < 4.78 is 8.07. The summed E-state index contributed by atoms with van der Waals surface area (Å²) in [4.78, 5) is 4.55. The quantitative estimate of drug-likeness (QED) is 0.769. The topological polar surface area (TPSA) is 39.1 Å². The number of benzene rings is 2. The highest BCUT2D eigenvalue weighted by molar-refractivity contribution is 5.36. The van der Waals surface area contributed by atoms with Crippen LogP contribution >= 0.6 is 0 Å². The van der Waals surface area contributed by atoms with E-state index in [0.717, 1.165) is 44.1 Å². The van der Waals surface area contributed by atoms with Gasteiger partial charge in [0.25, 0.3) is 0 Å². The first-order chi connectivity index (χ1) is 12.4. The fourth-order valence-electron chi connectivity index (χ4n) is 3.38. The second-order valence-electron chi connectivity index (χ2n) is 6.42. The molecule has 1 aliphatic heterocycles. The molecule has 4 nitrogen and oxygen atoms in total. The number of ether oxygens (including phenoxy) is 1. The Bertz CT molecular complexity index is 813. The van der Waals surface area contributed by atoms with E-state index >= 15 is 0 Å². The normalized spacial score (nSPS) is 16.7. The average molecular weight is 333 g/mol. The molecule has 4 heteroatoms. The van der Waals surface area contributed by atoms with E-state index in [1.807, 2.05) is 24.5 Å². The minimum absolute atomic E-state index is 0.306. The van der Waals surface area contributed by atoms with Gasteiger partial charge in [-0.3, -0.25) is 0 Å². The van der Waals surface area contributed by atoms with Crippen LogP contribution in [-0.2, 0) is 13.1 Å². The summed E-state index contributed by atoms with van der Waals surface area (Å²) in [6.07, 6.45) is 6.07. The Morgan fingerprint density at radius 2 is 1.92 bits per heavy atom. The van der Waals surface area contributed by atoms with Crippen LogP contribution in [0.2, 0.25) is 0 Å². The molecule has 4 rings (SSSR count). The zero-order chi connectivity index (χ0) is 16.9. The van der Waals surface area contributed by atoms with Crippen molar-refractivity contribution in [2.24, 2.45) is 0 Å². The van der Waals surface area contributed by atoms with Crippen molar-refractivity contribution >= 4 is 0 Å². The van der Waals surface area contributed by atoms with E-state index in [-0.39, 0.29) is 0 Å². The van der Waals surface area contributed by atoms with Crippen LogP contribution in [0.25, 0.3) is 0 Å². The van der Waals surface area contributed by atoms with Crippen molar-refractivity contribution in [3.63, 3.8) is 0 Å². The lowest BCUT2D eigenvalue weighted by molar-refractivity contribution is 0.315. The predicted molar refractivity (Wildman–Crippen MR) is 98.5 cm³/mol. The van der Waals surface area contributed by atoms with Gasteiger partial charge in [0.1, 0.15) is 11.6 Å². The third-order valence-corrected chi connectivity index (χ3v) is 4.69. The Labute approximate surface area is 148 Å². The van der Waals surface area contributed by atoms with Crippen molar-refractivity contribution < 1.29 is 4.74 Å². The van der Waals surface area contributed by atoms with Crippen LogP contribution in [-0.4, -0.2) is 16.2 Å². The fourth-order valence-corrected chi connectivity index (χ4v) is 3.38. The van der Waals surface area contributed by atoms with E-state index in [1.165, 1.54) is 11.1 Å². The van der Waals surface area contributed by atoms with Crippen molar-refractivity contribution in [2.75, 3.05) is 6.61 Å². The molecule has 0 spiro atoms. The van der Waals surface area contributed by atoms with Crippen molar-refractivity contribution in [1.82, 2.24) is 14.9 Å². The second-order valence-corrected chi connectivity index (χ2v) is 6.42. The van der Waals surface area contributed by atoms with E-state index in [1.54, 1.807) is 0 Å². The van der Waals surface area contributed by atoms with Crippen molar-refractivity contribution in [1.29, 1.82) is 0 Å². The Morgan fingerprint density at radius 3 is 2.84 bits per heavy atom. The van der Waals surface area contributed by atoms with Gasteiger partial charge < -0.3 is 14.6 Å². The summed E-state index contributed by atoms with van der Waals surface area (Å²) >= 11 is 0. The predicted octanol–water partition coefficient (Wildman–Crippen LogP) is 3.93. The van der Waals surface area contributed by atoms with E-state index in [9.17, 15) is 0 Å². The van der Waals surface area contributed by atoms with Gasteiger partial charge in [0.05, 0.1) is 13.2 Å². The molecule has 1 aromatic heterocycles. The lowest BCUT2D eigenvalue weighted by Gasteiger charge is -2.18. The number of fused-ring (bicyclic) bond motifs is 1. The molecule has 2 heterocycles. The number of hydrogen-bond acceptors (Lipinski definition) is 3. The third kappa shape index (κ3) is 3.74. The summed E-state index contributed by atoms with van der Waals surface area (Å²) in [5.41, 5.74) is 2.54. The molecule has 1 atom stereocenters. The molecule has 25 heavy (non-hydrogen) atoms. The molecule has 0 radical (unpaired) electrons. The Morgan fingerprint density at radius 1 is 1.08 bits per heavy atom. The zero-order valence-corrected chi connectivity index (χ0v) is 14.3. The molecular formula is C21H23N3O. The molecular weight excluding hydrogens is 310 g/mol. The van der Waals surface area contributed by atoms with E-state index in [2.05, 4.69) is 57.3 Å². The van der Waals surface area contributed by atoms with Gasteiger partial charge >= 0.3 is 0 Å². The lowest BCUT2D eigenvalue weighted by atomic mass is 10.0. The fraction of sp³-hybridized carbons (Fsp3) is 0.286. The van der Waals surface area contributed by atoms with Crippen LogP contribution in [0.3, 0.4) is 0 Å². The first-order valence-corrected chi connectivity index (χ1v) is 8.89. The summed E-state index contributed by atoms with van der Waals surface area (Å²) in [5.74, 6) is 2.07. The maximum absolute atomic E-state index is 5.86. The number of imidazole rings is 1. The minimum Gasteiger partial charge on any atom is -0.493 e. The van der Waals surface area contributed by atoms with Gasteiger partial charge in [0.2, 0.25) is 0 Å². The van der Waals surface area contributed by atoms with E-state index in [4.69, 9.17) is 4.74 Å². The molecule has 0 bridgehead atoms. The van der Waals surface area contributed by atoms with Gasteiger partial charge in [-0.15, -0.1) is 0 Å². The van der Waals surface area contributed by atoms with Gasteiger partial charge in [-0.2, -0.15) is 0 Å². The van der Waals surface area contributed by atoms with Crippen molar-refractivity contribution in [3.05, 3.63) is 83.9 Å². The molecule has 3 aromatic rings. The number of nitrogens with zero attached hydrogens (tertiary/aromatic N) is 2. The molecule has 0 fully saturated rings. The Kier molecular flexibility index (Phi) is 4.79. The van der Waals surface area contributed by atoms with Crippen LogP contribution in [0.4, 0.5) is 0 Å². The Balaban J connectivity index is 1.46. The number of hydrogen-bond donors (Lipinski definition) is 1. The summed E-state index contributed by atoms with van der Waals surface area (Å²) in [7, 11) is 0. The molecule has 128 valence electrons. The maximum Gasteiger partial charge on any atom is 0.124 e. The maximum atomic E-state index is 5.86. The summed E-state index contributed by atoms with van der Waals surface area (Å²) in [6, 6.07) is 19.1. The van der Waals surface area contributed by atoms with Gasteiger partial charge in [0, 0.05) is 30.5 Å². The van der Waals surface area contributed by atoms with Gasteiger partial charge in [0.15, 0.2) is 0 Å². The minimum atomic E-state index is 0.306. The first kappa shape index (κ1) is 15.9. The Hall–Kier alpha value is -2.59. The van der Waals surface area contributed by atoms with E-state index < -0.39 is 0 Å². The van der Waals surface area contributed by atoms with Gasteiger partial charge in [-0.1, -0.05) is 48.5 Å². The number of rotatable bonds is 5. The molecule has 0 aliphatic carbocycles. The summed E-state index contributed by atoms with van der Waals surface area (Å²) in [6.45, 7) is 2.39. The van der Waals surface area contributed by atoms with Gasteiger partial charge in [-0.25, -0.2) is 4.98 Å². The third-order valence-electron chi connectivity index (χ3n) is 4.69. The molecule has 0 saturated carbocycles. The highest BCUT2D eigenvalue weighted by Crippen LogP contribution is 2.31. The number of nitrogens with one attached hydrogen (secondary N) is 1. The highest BCUT2D eigenvalue weighted by atomic mass is 16.5. The van der Waals surface area contributed by atoms with E-state index in [0.29, 0.717) is 6.04 Å². The smallest absolute Gasteiger partial charge is 0.124 e. The average Bonchev–Trinajstić information content (AvgIpc) is 2.98. The highest BCUT2D eigenvalue weighted by Gasteiger charge is 2.19. The summed E-state index contributed by atoms with van der Waals surface area (Å²) in [5, 5.41) is 3.68. The van der Waals surface area contributed by atoms with Crippen molar-refractivity contribution in [2.45, 2.75) is 32.0 Å². The molecule has 1 aliphatic rings. The molecule has 2 aromatic carbocycles. The van der Waals surface area contributed by atoms with Crippen LogP contribution in [0.1, 0.15) is 35.8 Å². The SMILES string of the molecule is c1ccc(Cn2ccnc2CN[C@@H]2CCCOc3ccccc32)cc1. The monoisotopic (exact) mass is 333 g/mol. The molecule has 0 saturated heterocycles. The standard InChI is InChI=1S/C21H23N3O/c1-2-7-17(8-3-1)16-24-13-12-22-21(24)15-23-19-10-6-14-25-20-11-5-4-9-18(19)20/h1-5,7-9,11-13,19,23H,6,10,14-16H2/t19-/m1/s1. The van der Waals surface area contributed by atoms with Crippen molar-refractivity contribution in [3.8, 4) is 5.75 Å².